The van der Waals surface area contributed by atoms with E-state index in [4.69, 9.17) is 5.11 Å². The molecule has 0 fully saturated rings. The van der Waals surface area contributed by atoms with Crippen LogP contribution in [0.5, 0.6) is 0 Å². The van der Waals surface area contributed by atoms with Crippen LogP contribution in [0.15, 0.2) is 41.6 Å². The van der Waals surface area contributed by atoms with Crippen molar-refractivity contribution in [3.8, 4) is 0 Å². The fraction of sp³-hybridized carbons (Fsp3) is 0. The van der Waals surface area contributed by atoms with E-state index in [-0.39, 0.29) is 10.4 Å². The Bertz CT molecular complexity index is 897. The van der Waals surface area contributed by atoms with Gasteiger partial charge in [-0.15, -0.1) is 0 Å². The molecule has 0 saturated heterocycles. The van der Waals surface area contributed by atoms with Crippen molar-refractivity contribution >= 4 is 34.4 Å². The molecule has 0 aliphatic carbocycles. The standard InChI is InChI=1S/C14H9N3O3S/c18-12-6-10(4-3-9-2-1-5-15-7-9)16-14-17(12)8-11(21-14)13(19)20/h1-8H,(H,19,20)/b4-3+. The first-order chi connectivity index (χ1) is 10.1. The Hall–Kier alpha value is -2.80. The highest BCUT2D eigenvalue weighted by molar-refractivity contribution is 7.18. The molecule has 21 heavy (non-hydrogen) atoms. The molecule has 0 aliphatic rings. The molecule has 3 aromatic heterocycles. The van der Waals surface area contributed by atoms with E-state index >= 15 is 0 Å². The summed E-state index contributed by atoms with van der Waals surface area (Å²) in [6.07, 6.45) is 8.13. The average Bonchev–Trinajstić information content (AvgIpc) is 2.91. The first kappa shape index (κ1) is 13.2. The molecular weight excluding hydrogens is 290 g/mol. The highest BCUT2D eigenvalue weighted by Crippen LogP contribution is 2.15. The lowest BCUT2D eigenvalue weighted by atomic mass is 10.2. The van der Waals surface area contributed by atoms with Gasteiger partial charge in [0, 0.05) is 24.7 Å². The summed E-state index contributed by atoms with van der Waals surface area (Å²) in [5.74, 6) is -1.07. The molecule has 6 nitrogen and oxygen atoms in total. The van der Waals surface area contributed by atoms with E-state index in [1.807, 2.05) is 12.1 Å². The normalized spacial score (nSPS) is 11.2. The van der Waals surface area contributed by atoms with Gasteiger partial charge in [-0.1, -0.05) is 23.5 Å². The van der Waals surface area contributed by atoms with Crippen LogP contribution < -0.4 is 5.56 Å². The number of nitrogens with zero attached hydrogens (tertiary/aromatic N) is 3. The van der Waals surface area contributed by atoms with E-state index in [2.05, 4.69) is 9.97 Å². The zero-order valence-electron chi connectivity index (χ0n) is 10.6. The van der Waals surface area contributed by atoms with E-state index < -0.39 is 5.97 Å². The van der Waals surface area contributed by atoms with Crippen LogP contribution in [-0.2, 0) is 0 Å². The summed E-state index contributed by atoms with van der Waals surface area (Å²) in [7, 11) is 0. The highest BCUT2D eigenvalue weighted by Gasteiger charge is 2.10. The molecule has 3 rings (SSSR count). The minimum atomic E-state index is -1.07. The van der Waals surface area contributed by atoms with Crippen molar-refractivity contribution in [2.24, 2.45) is 0 Å². The number of rotatable bonds is 3. The molecule has 0 atom stereocenters. The quantitative estimate of drug-likeness (QED) is 0.799. The summed E-state index contributed by atoms with van der Waals surface area (Å²) in [4.78, 5) is 31.5. The van der Waals surface area contributed by atoms with Crippen LogP contribution in [0.4, 0.5) is 0 Å². The summed E-state index contributed by atoms with van der Waals surface area (Å²) >= 11 is 0.961. The first-order valence-electron chi connectivity index (χ1n) is 5.98. The molecule has 0 saturated carbocycles. The van der Waals surface area contributed by atoms with Crippen LogP contribution in [0, 0.1) is 0 Å². The Kier molecular flexibility index (Phi) is 3.33. The van der Waals surface area contributed by atoms with Crippen LogP contribution in [0.1, 0.15) is 20.9 Å². The Morgan fingerprint density at radius 1 is 1.38 bits per heavy atom. The lowest BCUT2D eigenvalue weighted by Crippen LogP contribution is -2.11. The molecule has 0 aliphatic heterocycles. The Morgan fingerprint density at radius 2 is 2.24 bits per heavy atom. The number of hydrogen-bond acceptors (Lipinski definition) is 5. The van der Waals surface area contributed by atoms with Crippen molar-refractivity contribution in [3.05, 3.63) is 63.3 Å². The SMILES string of the molecule is O=C(O)c1cn2c(=O)cc(/C=C/c3cccnc3)nc2s1. The molecule has 0 radical (unpaired) electrons. The van der Waals surface area contributed by atoms with Gasteiger partial charge >= 0.3 is 5.97 Å². The number of aromatic nitrogens is 3. The average molecular weight is 299 g/mol. The topological polar surface area (TPSA) is 84.6 Å². The number of fused-ring (bicyclic) bond motifs is 1. The number of carboxylic acid groups (broad SMARTS) is 1. The molecule has 7 heteroatoms. The van der Waals surface area contributed by atoms with Gasteiger partial charge in [0.15, 0.2) is 4.96 Å². The maximum Gasteiger partial charge on any atom is 0.347 e. The van der Waals surface area contributed by atoms with Crippen molar-refractivity contribution < 1.29 is 9.90 Å². The maximum atomic E-state index is 11.9. The number of pyridine rings is 1. The van der Waals surface area contributed by atoms with E-state index in [1.165, 1.54) is 16.7 Å². The van der Waals surface area contributed by atoms with Gasteiger partial charge in [0.05, 0.1) is 5.69 Å². The van der Waals surface area contributed by atoms with Gasteiger partial charge < -0.3 is 5.11 Å². The van der Waals surface area contributed by atoms with Gasteiger partial charge in [0.1, 0.15) is 4.88 Å². The number of thiazole rings is 1. The van der Waals surface area contributed by atoms with Gasteiger partial charge in [0.2, 0.25) is 0 Å². The van der Waals surface area contributed by atoms with Gasteiger partial charge in [-0.2, -0.15) is 0 Å². The predicted molar refractivity (Wildman–Crippen MR) is 79.5 cm³/mol. The van der Waals surface area contributed by atoms with E-state index in [1.54, 1.807) is 24.5 Å². The van der Waals surface area contributed by atoms with Crippen LogP contribution >= 0.6 is 11.3 Å². The Balaban J connectivity index is 2.02. The van der Waals surface area contributed by atoms with Crippen LogP contribution in [0.25, 0.3) is 17.1 Å². The van der Waals surface area contributed by atoms with E-state index in [0.29, 0.717) is 10.7 Å². The van der Waals surface area contributed by atoms with Crippen LogP contribution in [0.2, 0.25) is 0 Å². The van der Waals surface area contributed by atoms with Crippen molar-refractivity contribution in [2.75, 3.05) is 0 Å². The van der Waals surface area contributed by atoms with Crippen molar-refractivity contribution in [2.45, 2.75) is 0 Å². The summed E-state index contributed by atoms with van der Waals surface area (Å²) in [6.45, 7) is 0. The summed E-state index contributed by atoms with van der Waals surface area (Å²) < 4.78 is 1.23. The molecule has 104 valence electrons. The number of carbonyl (C=O) groups is 1. The van der Waals surface area contributed by atoms with Gasteiger partial charge in [-0.3, -0.25) is 14.2 Å². The molecule has 1 N–H and O–H groups in total. The lowest BCUT2D eigenvalue weighted by Gasteiger charge is -1.95. The molecule has 0 unspecified atom stereocenters. The van der Waals surface area contributed by atoms with E-state index in [9.17, 15) is 9.59 Å². The summed E-state index contributed by atoms with van der Waals surface area (Å²) in [6, 6.07) is 5.05. The largest absolute Gasteiger partial charge is 0.477 e. The number of aromatic carboxylic acids is 1. The third-order valence-electron chi connectivity index (χ3n) is 2.73. The molecule has 0 bridgehead atoms. The third kappa shape index (κ3) is 2.72. The zero-order valence-corrected chi connectivity index (χ0v) is 11.4. The smallest absolute Gasteiger partial charge is 0.347 e. The maximum absolute atomic E-state index is 11.9. The molecular formula is C14H9N3O3S. The van der Waals surface area contributed by atoms with E-state index in [0.717, 1.165) is 16.9 Å². The van der Waals surface area contributed by atoms with Gasteiger partial charge in [0.25, 0.3) is 5.56 Å². The Morgan fingerprint density at radius 3 is 2.95 bits per heavy atom. The minimum absolute atomic E-state index is 0.0768. The lowest BCUT2D eigenvalue weighted by molar-refractivity contribution is 0.0702. The summed E-state index contributed by atoms with van der Waals surface area (Å²) in [5, 5.41) is 8.94. The Labute approximate surface area is 122 Å². The van der Waals surface area contributed by atoms with Crippen molar-refractivity contribution in [1.29, 1.82) is 0 Å². The molecule has 3 aromatic rings. The van der Waals surface area contributed by atoms with Crippen molar-refractivity contribution in [3.63, 3.8) is 0 Å². The molecule has 0 amide bonds. The zero-order chi connectivity index (χ0) is 14.8. The van der Waals surface area contributed by atoms with Gasteiger partial charge in [-0.05, 0) is 17.7 Å². The second-order valence-electron chi connectivity index (χ2n) is 4.19. The monoisotopic (exact) mass is 299 g/mol. The number of carboxylic acids is 1. The second kappa shape index (κ2) is 5.29. The van der Waals surface area contributed by atoms with Crippen LogP contribution in [0.3, 0.4) is 0 Å². The predicted octanol–water partition coefficient (Wildman–Crippen LogP) is 2.02. The van der Waals surface area contributed by atoms with Crippen molar-refractivity contribution in [1.82, 2.24) is 14.4 Å². The highest BCUT2D eigenvalue weighted by atomic mass is 32.1. The molecule has 3 heterocycles. The molecule has 0 spiro atoms. The first-order valence-corrected chi connectivity index (χ1v) is 6.80. The number of hydrogen-bond donors (Lipinski definition) is 1. The second-order valence-corrected chi connectivity index (χ2v) is 5.20. The molecule has 0 aromatic carbocycles. The summed E-state index contributed by atoms with van der Waals surface area (Å²) in [5.41, 5.74) is 1.05. The fourth-order valence-corrected chi connectivity index (χ4v) is 2.59. The fourth-order valence-electron chi connectivity index (χ4n) is 1.76. The van der Waals surface area contributed by atoms with Gasteiger partial charge in [-0.25, -0.2) is 9.78 Å². The minimum Gasteiger partial charge on any atom is -0.477 e. The third-order valence-corrected chi connectivity index (χ3v) is 3.70. The van der Waals surface area contributed by atoms with Crippen LogP contribution in [-0.4, -0.2) is 25.4 Å².